The van der Waals surface area contributed by atoms with Gasteiger partial charge >= 0.3 is 0 Å². The Bertz CT molecular complexity index is 680. The molecule has 0 aliphatic rings. The number of benzene rings is 1. The molecular weight excluding hydrogens is 248 g/mol. The molecule has 20 heavy (non-hydrogen) atoms. The fourth-order valence-corrected chi connectivity index (χ4v) is 1.79. The molecular formula is C16H18N4. The van der Waals surface area contributed by atoms with Crippen LogP contribution in [0.25, 0.3) is 11.0 Å². The van der Waals surface area contributed by atoms with Crippen molar-refractivity contribution in [3.63, 3.8) is 0 Å². The van der Waals surface area contributed by atoms with Crippen LogP contribution in [0.1, 0.15) is 19.5 Å². The summed E-state index contributed by atoms with van der Waals surface area (Å²) in [6, 6.07) is 13.9. The van der Waals surface area contributed by atoms with Gasteiger partial charge in [0.2, 0.25) is 0 Å². The van der Waals surface area contributed by atoms with Gasteiger partial charge in [-0.15, -0.1) is 0 Å². The highest BCUT2D eigenvalue weighted by molar-refractivity contribution is 5.88. The number of fused-ring (bicyclic) bond motifs is 1. The van der Waals surface area contributed by atoms with Crippen LogP contribution in [0.2, 0.25) is 0 Å². The molecule has 0 spiro atoms. The van der Waals surface area contributed by atoms with Crippen molar-refractivity contribution >= 4 is 22.5 Å². The van der Waals surface area contributed by atoms with E-state index in [1.54, 1.807) is 0 Å². The second-order valence-corrected chi connectivity index (χ2v) is 4.04. The average Bonchev–Trinajstić information content (AvgIpc) is 2.50. The summed E-state index contributed by atoms with van der Waals surface area (Å²) in [4.78, 5) is 12.8. The molecule has 0 bridgehead atoms. The first-order chi connectivity index (χ1) is 9.83. The van der Waals surface area contributed by atoms with E-state index in [-0.39, 0.29) is 0 Å². The number of nitrogens with one attached hydrogen (secondary N) is 1. The number of aromatic nitrogens is 3. The van der Waals surface area contributed by atoms with Crippen molar-refractivity contribution in [2.24, 2.45) is 0 Å². The number of pyridine rings is 1. The predicted molar refractivity (Wildman–Crippen MR) is 83.1 cm³/mol. The van der Waals surface area contributed by atoms with Crippen molar-refractivity contribution in [2.45, 2.75) is 20.8 Å². The molecule has 0 aliphatic heterocycles. The minimum Gasteiger partial charge on any atom is -0.340 e. The van der Waals surface area contributed by atoms with Crippen LogP contribution in [-0.2, 0) is 0 Å². The van der Waals surface area contributed by atoms with Gasteiger partial charge in [0.05, 0.1) is 5.39 Å². The summed E-state index contributed by atoms with van der Waals surface area (Å²) < 4.78 is 0. The zero-order chi connectivity index (χ0) is 14.4. The van der Waals surface area contributed by atoms with Gasteiger partial charge in [0, 0.05) is 11.4 Å². The highest BCUT2D eigenvalue weighted by Crippen LogP contribution is 2.21. The van der Waals surface area contributed by atoms with Gasteiger partial charge in [-0.25, -0.2) is 15.0 Å². The molecule has 4 heteroatoms. The Morgan fingerprint density at radius 2 is 1.65 bits per heavy atom. The summed E-state index contributed by atoms with van der Waals surface area (Å²) in [5.74, 6) is 0.777. The molecule has 0 amide bonds. The smallest absolute Gasteiger partial charge is 0.164 e. The third-order valence-corrected chi connectivity index (χ3v) is 2.67. The minimum atomic E-state index is 0.712. The molecule has 0 radical (unpaired) electrons. The van der Waals surface area contributed by atoms with E-state index in [1.165, 1.54) is 6.33 Å². The maximum absolute atomic E-state index is 4.39. The Labute approximate surface area is 118 Å². The molecule has 3 rings (SSSR count). The maximum Gasteiger partial charge on any atom is 0.164 e. The van der Waals surface area contributed by atoms with Crippen LogP contribution in [0, 0.1) is 6.92 Å². The van der Waals surface area contributed by atoms with Gasteiger partial charge < -0.3 is 5.32 Å². The second kappa shape index (κ2) is 6.61. The molecule has 0 saturated heterocycles. The van der Waals surface area contributed by atoms with Crippen molar-refractivity contribution in [3.05, 3.63) is 54.5 Å². The normalized spacial score (nSPS) is 9.75. The zero-order valence-electron chi connectivity index (χ0n) is 12.0. The van der Waals surface area contributed by atoms with E-state index < -0.39 is 0 Å². The molecule has 1 aromatic carbocycles. The largest absolute Gasteiger partial charge is 0.340 e. The lowest BCUT2D eigenvalue weighted by Crippen LogP contribution is -1.97. The Balaban J connectivity index is 0.000000704. The van der Waals surface area contributed by atoms with Crippen molar-refractivity contribution in [1.82, 2.24) is 15.0 Å². The molecule has 0 aliphatic carbocycles. The van der Waals surface area contributed by atoms with Crippen LogP contribution in [0.15, 0.2) is 48.8 Å². The summed E-state index contributed by atoms with van der Waals surface area (Å²) in [7, 11) is 0. The third-order valence-electron chi connectivity index (χ3n) is 2.67. The van der Waals surface area contributed by atoms with E-state index in [9.17, 15) is 0 Å². The summed E-state index contributed by atoms with van der Waals surface area (Å²) in [6.07, 6.45) is 1.53. The first kappa shape index (κ1) is 13.9. The van der Waals surface area contributed by atoms with Crippen molar-refractivity contribution in [1.29, 1.82) is 0 Å². The van der Waals surface area contributed by atoms with Crippen molar-refractivity contribution in [2.75, 3.05) is 5.32 Å². The lowest BCUT2D eigenvalue weighted by atomic mass is 10.2. The minimum absolute atomic E-state index is 0.712. The molecule has 0 fully saturated rings. The van der Waals surface area contributed by atoms with Crippen LogP contribution in [0.4, 0.5) is 11.5 Å². The van der Waals surface area contributed by atoms with Crippen LogP contribution in [0.5, 0.6) is 0 Å². The number of anilines is 2. The second-order valence-electron chi connectivity index (χ2n) is 4.04. The Morgan fingerprint density at radius 1 is 0.900 bits per heavy atom. The van der Waals surface area contributed by atoms with E-state index in [1.807, 2.05) is 63.2 Å². The predicted octanol–water partition coefficient (Wildman–Crippen LogP) is 4.10. The molecule has 0 atom stereocenters. The Hall–Kier alpha value is -2.49. The van der Waals surface area contributed by atoms with Crippen LogP contribution in [-0.4, -0.2) is 15.0 Å². The number of aryl methyl sites for hydroxylation is 1. The van der Waals surface area contributed by atoms with E-state index in [0.717, 1.165) is 22.6 Å². The van der Waals surface area contributed by atoms with Crippen molar-refractivity contribution < 1.29 is 0 Å². The van der Waals surface area contributed by atoms with Gasteiger partial charge in [0.25, 0.3) is 0 Å². The fraction of sp³-hybridized carbons (Fsp3) is 0.188. The summed E-state index contributed by atoms with van der Waals surface area (Å²) >= 11 is 0. The van der Waals surface area contributed by atoms with Crippen LogP contribution >= 0.6 is 0 Å². The number of rotatable bonds is 2. The zero-order valence-corrected chi connectivity index (χ0v) is 12.0. The monoisotopic (exact) mass is 266 g/mol. The van der Waals surface area contributed by atoms with Gasteiger partial charge in [-0.1, -0.05) is 32.0 Å². The molecule has 2 aromatic heterocycles. The van der Waals surface area contributed by atoms with Gasteiger partial charge in [-0.3, -0.25) is 0 Å². The molecule has 3 aromatic rings. The number of nitrogens with zero attached hydrogens (tertiary/aromatic N) is 3. The lowest BCUT2D eigenvalue weighted by molar-refractivity contribution is 1.15. The first-order valence-corrected chi connectivity index (χ1v) is 6.73. The van der Waals surface area contributed by atoms with Gasteiger partial charge in [-0.2, -0.15) is 0 Å². The van der Waals surface area contributed by atoms with E-state index in [4.69, 9.17) is 0 Å². The third kappa shape index (κ3) is 3.09. The van der Waals surface area contributed by atoms with Crippen LogP contribution < -0.4 is 5.32 Å². The quantitative estimate of drug-likeness (QED) is 0.758. The number of hydrogen-bond donors (Lipinski definition) is 1. The molecule has 102 valence electrons. The number of hydrogen-bond acceptors (Lipinski definition) is 4. The molecule has 0 unspecified atom stereocenters. The van der Waals surface area contributed by atoms with Gasteiger partial charge in [0.1, 0.15) is 12.1 Å². The topological polar surface area (TPSA) is 50.7 Å². The molecule has 4 nitrogen and oxygen atoms in total. The Kier molecular flexibility index (Phi) is 4.60. The standard InChI is InChI=1S/C14H12N4.C2H6/c1-10-7-8-12-13(17-10)15-9-16-14(12)18-11-5-3-2-4-6-11;1-2/h2-9H,1H3,(H,15,16,17,18);1-2H3. The maximum atomic E-state index is 4.39. The molecule has 0 saturated carbocycles. The summed E-state index contributed by atoms with van der Waals surface area (Å²) in [5, 5.41) is 4.20. The molecule has 2 heterocycles. The van der Waals surface area contributed by atoms with Gasteiger partial charge in [-0.05, 0) is 31.2 Å². The average molecular weight is 266 g/mol. The number of para-hydroxylation sites is 1. The van der Waals surface area contributed by atoms with E-state index >= 15 is 0 Å². The first-order valence-electron chi connectivity index (χ1n) is 6.73. The fourth-order valence-electron chi connectivity index (χ4n) is 1.79. The lowest BCUT2D eigenvalue weighted by Gasteiger charge is -2.07. The van der Waals surface area contributed by atoms with E-state index in [0.29, 0.717) is 5.65 Å². The highest BCUT2D eigenvalue weighted by Gasteiger charge is 2.04. The SMILES string of the molecule is CC.Cc1ccc2c(Nc3ccccc3)ncnc2n1. The van der Waals surface area contributed by atoms with E-state index in [2.05, 4.69) is 20.3 Å². The highest BCUT2D eigenvalue weighted by atomic mass is 15.0. The van der Waals surface area contributed by atoms with Crippen molar-refractivity contribution in [3.8, 4) is 0 Å². The molecule has 1 N–H and O–H groups in total. The summed E-state index contributed by atoms with van der Waals surface area (Å²) in [5.41, 5.74) is 2.66. The van der Waals surface area contributed by atoms with Gasteiger partial charge in [0.15, 0.2) is 5.65 Å². The summed E-state index contributed by atoms with van der Waals surface area (Å²) in [6.45, 7) is 5.95. The van der Waals surface area contributed by atoms with Crippen LogP contribution in [0.3, 0.4) is 0 Å². The Morgan fingerprint density at radius 3 is 2.40 bits per heavy atom.